The lowest BCUT2D eigenvalue weighted by molar-refractivity contribution is -0.149. The normalized spacial score (nSPS) is 9.94. The summed E-state index contributed by atoms with van der Waals surface area (Å²) in [5.74, 6) is -4.99. The van der Waals surface area contributed by atoms with Crippen LogP contribution in [-0.2, 0) is 19.2 Å². The molecule has 0 radical (unpaired) electrons. The third-order valence-electron chi connectivity index (χ3n) is 1.79. The van der Waals surface area contributed by atoms with Crippen molar-refractivity contribution in [3.63, 3.8) is 0 Å². The molecular formula is C9H16N2O7. The molecule has 0 saturated heterocycles. The maximum Gasteiger partial charge on any atom is 0.372 e. The van der Waals surface area contributed by atoms with Crippen molar-refractivity contribution in [3.05, 3.63) is 0 Å². The highest BCUT2D eigenvalue weighted by atomic mass is 16.4. The van der Waals surface area contributed by atoms with Crippen molar-refractivity contribution in [2.45, 2.75) is 31.8 Å². The molecule has 0 atom stereocenters. The van der Waals surface area contributed by atoms with E-state index in [2.05, 4.69) is 0 Å². The summed E-state index contributed by atoms with van der Waals surface area (Å²) >= 11 is 0. The summed E-state index contributed by atoms with van der Waals surface area (Å²) in [7, 11) is 0. The topological polar surface area (TPSA) is 181 Å². The fraction of sp³-hybridized carbons (Fsp3) is 0.556. The molecule has 0 aliphatic rings. The first-order chi connectivity index (χ1) is 8.04. The molecule has 104 valence electrons. The van der Waals surface area contributed by atoms with Crippen LogP contribution in [0.5, 0.6) is 0 Å². The minimum absolute atomic E-state index is 0.238. The summed E-state index contributed by atoms with van der Waals surface area (Å²) in [5.41, 5.74) is 8.53. The van der Waals surface area contributed by atoms with Gasteiger partial charge in [0.1, 0.15) is 0 Å². The number of aliphatic carboxylic acids is 3. The molecule has 9 nitrogen and oxygen atoms in total. The molecule has 0 aliphatic heterocycles. The standard InChI is InChI=1S/C5H6O5.C4H10N2O2/c6-3(5(9)10)1-2-4(7)8;1-2-4(5,6)3(7)8/h1-2H2,(H,7,8)(H,9,10);2,5-6H2,1H3,(H,7,8). The van der Waals surface area contributed by atoms with E-state index in [1.807, 2.05) is 0 Å². The number of rotatable bonds is 6. The van der Waals surface area contributed by atoms with Crippen molar-refractivity contribution >= 4 is 23.7 Å². The quantitative estimate of drug-likeness (QED) is 0.284. The molecule has 0 aromatic heterocycles. The third-order valence-corrected chi connectivity index (χ3v) is 1.79. The summed E-state index contributed by atoms with van der Waals surface area (Å²) < 4.78 is 0. The molecule has 0 bridgehead atoms. The minimum atomic E-state index is -1.58. The lowest BCUT2D eigenvalue weighted by Gasteiger charge is -2.14. The van der Waals surface area contributed by atoms with Crippen LogP contribution in [-0.4, -0.2) is 44.7 Å². The molecule has 0 aromatic carbocycles. The zero-order valence-corrected chi connectivity index (χ0v) is 9.75. The van der Waals surface area contributed by atoms with Crippen molar-refractivity contribution in [1.29, 1.82) is 0 Å². The maximum atomic E-state index is 10.2. The van der Waals surface area contributed by atoms with Gasteiger partial charge in [-0.3, -0.25) is 9.59 Å². The number of hydrogen-bond acceptors (Lipinski definition) is 6. The number of hydrogen-bond donors (Lipinski definition) is 5. The van der Waals surface area contributed by atoms with Crippen LogP contribution in [0.2, 0.25) is 0 Å². The Labute approximate surface area is 102 Å². The smallest absolute Gasteiger partial charge is 0.372 e. The molecule has 0 heterocycles. The van der Waals surface area contributed by atoms with Crippen molar-refractivity contribution in [1.82, 2.24) is 0 Å². The Morgan fingerprint density at radius 1 is 1.00 bits per heavy atom. The fourth-order valence-corrected chi connectivity index (χ4v) is 0.479. The van der Waals surface area contributed by atoms with E-state index in [1.54, 1.807) is 6.92 Å². The highest BCUT2D eigenvalue weighted by Crippen LogP contribution is 1.94. The van der Waals surface area contributed by atoms with E-state index >= 15 is 0 Å². The van der Waals surface area contributed by atoms with Crippen LogP contribution in [0.25, 0.3) is 0 Å². The molecule has 0 aromatic rings. The largest absolute Gasteiger partial charge is 0.481 e. The Morgan fingerprint density at radius 3 is 1.61 bits per heavy atom. The van der Waals surface area contributed by atoms with Gasteiger partial charge in [0.25, 0.3) is 0 Å². The first-order valence-electron chi connectivity index (χ1n) is 4.83. The second kappa shape index (κ2) is 8.14. The van der Waals surface area contributed by atoms with Gasteiger partial charge in [-0.2, -0.15) is 0 Å². The first kappa shape index (κ1) is 18.4. The molecule has 0 fully saturated rings. The highest BCUT2D eigenvalue weighted by Gasteiger charge is 2.25. The first-order valence-corrected chi connectivity index (χ1v) is 4.83. The van der Waals surface area contributed by atoms with E-state index < -0.39 is 42.2 Å². The van der Waals surface area contributed by atoms with Crippen molar-refractivity contribution in [2.24, 2.45) is 11.5 Å². The predicted octanol–water partition coefficient (Wildman–Crippen LogP) is -1.40. The third kappa shape index (κ3) is 9.24. The number of carboxylic acids is 3. The van der Waals surface area contributed by atoms with Gasteiger partial charge in [0.2, 0.25) is 5.78 Å². The molecule has 0 spiro atoms. The van der Waals surface area contributed by atoms with E-state index in [9.17, 15) is 19.2 Å². The zero-order chi connectivity index (χ0) is 14.9. The molecule has 0 rings (SSSR count). The number of Topliss-reactive ketones (excluding diaryl/α,β-unsaturated/α-hetero) is 1. The molecule has 0 saturated carbocycles. The number of carbonyl (C=O) groups excluding carboxylic acids is 1. The van der Waals surface area contributed by atoms with Gasteiger partial charge in [0.05, 0.1) is 6.42 Å². The summed E-state index contributed by atoms with van der Waals surface area (Å²) in [4.78, 5) is 39.7. The van der Waals surface area contributed by atoms with Gasteiger partial charge in [-0.25, -0.2) is 9.59 Å². The number of carboxylic acid groups (broad SMARTS) is 3. The Balaban J connectivity index is 0. The van der Waals surface area contributed by atoms with E-state index in [4.69, 9.17) is 26.8 Å². The molecule has 7 N–H and O–H groups in total. The highest BCUT2D eigenvalue weighted by molar-refractivity contribution is 6.32. The maximum absolute atomic E-state index is 10.2. The summed E-state index contributed by atoms with van der Waals surface area (Å²) in [6.07, 6.45) is -0.627. The van der Waals surface area contributed by atoms with Gasteiger partial charge in [0.15, 0.2) is 5.66 Å². The van der Waals surface area contributed by atoms with Crippen LogP contribution >= 0.6 is 0 Å². The number of nitrogens with two attached hydrogens (primary N) is 2. The van der Waals surface area contributed by atoms with E-state index in [0.717, 1.165) is 0 Å². The van der Waals surface area contributed by atoms with Crippen molar-refractivity contribution < 1.29 is 34.5 Å². The Morgan fingerprint density at radius 2 is 1.44 bits per heavy atom. The van der Waals surface area contributed by atoms with Gasteiger partial charge < -0.3 is 26.8 Å². The Kier molecular flexibility index (Phi) is 8.31. The fourth-order valence-electron chi connectivity index (χ4n) is 0.479. The molecule has 9 heteroatoms. The van der Waals surface area contributed by atoms with Gasteiger partial charge in [-0.1, -0.05) is 6.92 Å². The van der Waals surface area contributed by atoms with Crippen LogP contribution in [0, 0.1) is 0 Å². The molecular weight excluding hydrogens is 248 g/mol. The SMILES string of the molecule is CCC(N)(N)C(=O)O.O=C(O)CCC(=O)C(=O)O. The average Bonchev–Trinajstić information content (AvgIpc) is 2.26. The van der Waals surface area contributed by atoms with E-state index in [0.29, 0.717) is 0 Å². The van der Waals surface area contributed by atoms with Crippen LogP contribution in [0.4, 0.5) is 0 Å². The van der Waals surface area contributed by atoms with Gasteiger partial charge >= 0.3 is 17.9 Å². The lowest BCUT2D eigenvalue weighted by Crippen LogP contribution is -2.55. The Hall–Kier alpha value is -2.00. The van der Waals surface area contributed by atoms with Crippen LogP contribution in [0.3, 0.4) is 0 Å². The van der Waals surface area contributed by atoms with Crippen LogP contribution in [0.1, 0.15) is 26.2 Å². The van der Waals surface area contributed by atoms with E-state index in [1.165, 1.54) is 0 Å². The second-order valence-corrected chi connectivity index (χ2v) is 3.32. The van der Waals surface area contributed by atoms with Gasteiger partial charge in [-0.15, -0.1) is 0 Å². The van der Waals surface area contributed by atoms with Gasteiger partial charge in [-0.05, 0) is 6.42 Å². The summed E-state index contributed by atoms with van der Waals surface area (Å²) in [5, 5.41) is 24.1. The van der Waals surface area contributed by atoms with Crippen molar-refractivity contribution in [3.8, 4) is 0 Å². The molecule has 0 amide bonds. The summed E-state index contributed by atoms with van der Waals surface area (Å²) in [6, 6.07) is 0. The summed E-state index contributed by atoms with van der Waals surface area (Å²) in [6.45, 7) is 1.62. The van der Waals surface area contributed by atoms with E-state index in [-0.39, 0.29) is 6.42 Å². The second-order valence-electron chi connectivity index (χ2n) is 3.32. The predicted molar refractivity (Wildman–Crippen MR) is 58.5 cm³/mol. The van der Waals surface area contributed by atoms with Crippen LogP contribution < -0.4 is 11.5 Å². The molecule has 0 aliphatic carbocycles. The monoisotopic (exact) mass is 264 g/mol. The average molecular weight is 264 g/mol. The number of carbonyl (C=O) groups is 4. The number of ketones is 1. The lowest BCUT2D eigenvalue weighted by atomic mass is 10.1. The molecule has 18 heavy (non-hydrogen) atoms. The van der Waals surface area contributed by atoms with Crippen LogP contribution in [0.15, 0.2) is 0 Å². The molecule has 0 unspecified atom stereocenters. The van der Waals surface area contributed by atoms with Gasteiger partial charge in [0, 0.05) is 6.42 Å². The Bertz CT molecular complexity index is 338. The zero-order valence-electron chi connectivity index (χ0n) is 9.75. The van der Waals surface area contributed by atoms with Crippen molar-refractivity contribution in [2.75, 3.05) is 0 Å². The minimum Gasteiger partial charge on any atom is -0.481 e.